The summed E-state index contributed by atoms with van der Waals surface area (Å²) in [6, 6.07) is 0. The van der Waals surface area contributed by atoms with Crippen LogP contribution in [0.25, 0.3) is 11.2 Å². The summed E-state index contributed by atoms with van der Waals surface area (Å²) in [6.45, 7) is 9.53. The van der Waals surface area contributed by atoms with Crippen molar-refractivity contribution >= 4 is 33.6 Å². The van der Waals surface area contributed by atoms with Gasteiger partial charge < -0.3 is 4.57 Å². The predicted molar refractivity (Wildman–Crippen MR) is 88.3 cm³/mol. The molecule has 0 spiro atoms. The monoisotopic (exact) mass is 330 g/mol. The molecule has 2 aromatic rings. The van der Waals surface area contributed by atoms with Crippen molar-refractivity contribution in [3.63, 3.8) is 0 Å². The minimum absolute atomic E-state index is 0.153. The van der Waals surface area contributed by atoms with Gasteiger partial charge in [0.1, 0.15) is 11.3 Å². The standard InChI is InChI=1S/C14H23ClN4OS/c1-6-19-14-12(11(4)17-19)16-13(10(3)15)18(14)8-7-9(2)21(5)20/h9-10H,6-8H2,1-5H3. The summed E-state index contributed by atoms with van der Waals surface area (Å²) in [4.78, 5) is 4.67. The maximum atomic E-state index is 11.6. The Hall–Kier alpha value is -0.880. The maximum Gasteiger partial charge on any atom is 0.158 e. The molecule has 3 unspecified atom stereocenters. The van der Waals surface area contributed by atoms with Gasteiger partial charge in [-0.2, -0.15) is 5.10 Å². The molecule has 0 saturated carbocycles. The molecule has 0 aliphatic carbocycles. The van der Waals surface area contributed by atoms with Gasteiger partial charge in [-0.25, -0.2) is 9.67 Å². The van der Waals surface area contributed by atoms with Crippen molar-refractivity contribution in [1.82, 2.24) is 19.3 Å². The third-order valence-electron chi connectivity index (χ3n) is 3.81. The average molecular weight is 331 g/mol. The van der Waals surface area contributed by atoms with E-state index in [1.165, 1.54) is 0 Å². The van der Waals surface area contributed by atoms with E-state index in [9.17, 15) is 4.21 Å². The van der Waals surface area contributed by atoms with Gasteiger partial charge >= 0.3 is 0 Å². The quantitative estimate of drug-likeness (QED) is 0.765. The summed E-state index contributed by atoms with van der Waals surface area (Å²) in [5.74, 6) is 0.864. The number of fused-ring (bicyclic) bond motifs is 1. The Kier molecular flexibility index (Phi) is 5.09. The molecule has 2 rings (SSSR count). The Morgan fingerprint density at radius 1 is 1.38 bits per heavy atom. The van der Waals surface area contributed by atoms with E-state index < -0.39 is 10.8 Å². The second kappa shape index (κ2) is 6.48. The van der Waals surface area contributed by atoms with E-state index in [2.05, 4.69) is 21.6 Å². The number of hydrogen-bond acceptors (Lipinski definition) is 3. The van der Waals surface area contributed by atoms with E-state index in [0.29, 0.717) is 0 Å². The van der Waals surface area contributed by atoms with Crippen molar-refractivity contribution in [2.75, 3.05) is 6.26 Å². The van der Waals surface area contributed by atoms with Crippen molar-refractivity contribution in [3.8, 4) is 0 Å². The molecule has 0 N–H and O–H groups in total. The minimum Gasteiger partial charge on any atom is -0.312 e. The largest absolute Gasteiger partial charge is 0.312 e. The fourth-order valence-corrected chi connectivity index (χ4v) is 3.07. The van der Waals surface area contributed by atoms with Gasteiger partial charge in [0.25, 0.3) is 0 Å². The average Bonchev–Trinajstić information content (AvgIpc) is 2.94. The fourth-order valence-electron chi connectivity index (χ4n) is 2.46. The lowest BCUT2D eigenvalue weighted by molar-refractivity contribution is 0.579. The van der Waals surface area contributed by atoms with E-state index in [-0.39, 0.29) is 10.6 Å². The highest BCUT2D eigenvalue weighted by molar-refractivity contribution is 7.84. The van der Waals surface area contributed by atoms with Crippen LogP contribution >= 0.6 is 11.6 Å². The molecule has 2 heterocycles. The lowest BCUT2D eigenvalue weighted by atomic mass is 10.3. The lowest BCUT2D eigenvalue weighted by Crippen LogP contribution is -2.16. The second-order valence-electron chi connectivity index (χ2n) is 5.41. The van der Waals surface area contributed by atoms with E-state index in [4.69, 9.17) is 11.6 Å². The first kappa shape index (κ1) is 16.5. The van der Waals surface area contributed by atoms with Crippen molar-refractivity contribution in [3.05, 3.63) is 11.5 Å². The van der Waals surface area contributed by atoms with E-state index in [1.54, 1.807) is 6.26 Å². The number of aryl methyl sites for hydroxylation is 3. The Bertz CT molecular complexity index is 662. The van der Waals surface area contributed by atoms with Crippen LogP contribution in [0.5, 0.6) is 0 Å². The number of rotatable bonds is 6. The molecule has 0 aliphatic rings. The third kappa shape index (κ3) is 3.16. The van der Waals surface area contributed by atoms with Crippen LogP contribution in [0.1, 0.15) is 44.1 Å². The van der Waals surface area contributed by atoms with Crippen molar-refractivity contribution in [2.24, 2.45) is 0 Å². The smallest absolute Gasteiger partial charge is 0.158 e. The summed E-state index contributed by atoms with van der Waals surface area (Å²) < 4.78 is 15.7. The van der Waals surface area contributed by atoms with Crippen LogP contribution in [-0.4, -0.2) is 35.0 Å². The highest BCUT2D eigenvalue weighted by Gasteiger charge is 2.21. The number of hydrogen-bond donors (Lipinski definition) is 0. The highest BCUT2D eigenvalue weighted by Crippen LogP contribution is 2.27. The molecular weight excluding hydrogens is 308 g/mol. The summed E-state index contributed by atoms with van der Waals surface area (Å²) in [6.07, 6.45) is 2.58. The molecule has 118 valence electrons. The molecule has 0 bridgehead atoms. The van der Waals surface area contributed by atoms with Crippen molar-refractivity contribution < 1.29 is 4.21 Å². The number of alkyl halides is 1. The van der Waals surface area contributed by atoms with Crippen LogP contribution in [0.2, 0.25) is 0 Å². The van der Waals surface area contributed by atoms with Gasteiger partial charge in [-0.15, -0.1) is 11.6 Å². The molecule has 0 aliphatic heterocycles. The second-order valence-corrected chi connectivity index (χ2v) is 7.87. The Labute approximate surface area is 133 Å². The number of aromatic nitrogens is 4. The van der Waals surface area contributed by atoms with Crippen LogP contribution in [0.15, 0.2) is 0 Å². The first-order valence-electron chi connectivity index (χ1n) is 7.26. The summed E-state index contributed by atoms with van der Waals surface area (Å²) >= 11 is 6.29. The molecule has 7 heteroatoms. The Morgan fingerprint density at radius 2 is 2.05 bits per heavy atom. The van der Waals surface area contributed by atoms with Crippen LogP contribution in [0.3, 0.4) is 0 Å². The topological polar surface area (TPSA) is 52.7 Å². The molecule has 21 heavy (non-hydrogen) atoms. The molecule has 5 nitrogen and oxygen atoms in total. The van der Waals surface area contributed by atoms with Gasteiger partial charge in [-0.05, 0) is 27.2 Å². The van der Waals surface area contributed by atoms with Gasteiger partial charge in [-0.1, -0.05) is 6.92 Å². The van der Waals surface area contributed by atoms with Gasteiger partial charge in [0.05, 0.1) is 11.1 Å². The fraction of sp³-hybridized carbons (Fsp3) is 0.714. The van der Waals surface area contributed by atoms with Crippen LogP contribution < -0.4 is 0 Å². The SMILES string of the molecule is CCn1nc(C)c2nc(C(C)Cl)n(CCC(C)S(C)=O)c21. The summed E-state index contributed by atoms with van der Waals surface area (Å²) in [5, 5.41) is 4.51. The lowest BCUT2D eigenvalue weighted by Gasteiger charge is -2.14. The number of halogens is 1. The maximum absolute atomic E-state index is 11.6. The zero-order valence-electron chi connectivity index (χ0n) is 13.3. The molecule has 0 radical (unpaired) electrons. The van der Waals surface area contributed by atoms with Gasteiger partial charge in [0.15, 0.2) is 5.65 Å². The zero-order chi connectivity index (χ0) is 15.7. The molecular formula is C14H23ClN4OS. The molecule has 0 amide bonds. The van der Waals surface area contributed by atoms with Gasteiger partial charge in [-0.3, -0.25) is 4.21 Å². The molecule has 2 aromatic heterocycles. The van der Waals surface area contributed by atoms with Gasteiger partial charge in [0, 0.05) is 35.4 Å². The van der Waals surface area contributed by atoms with Crippen LogP contribution in [0.4, 0.5) is 0 Å². The van der Waals surface area contributed by atoms with Crippen LogP contribution in [-0.2, 0) is 23.9 Å². The first-order valence-corrected chi connectivity index (χ1v) is 9.32. The first-order chi connectivity index (χ1) is 9.86. The van der Waals surface area contributed by atoms with E-state index in [0.717, 1.165) is 42.2 Å². The van der Waals surface area contributed by atoms with E-state index in [1.807, 2.05) is 25.5 Å². The molecule has 0 saturated heterocycles. The number of imidazole rings is 1. The highest BCUT2D eigenvalue weighted by atomic mass is 35.5. The summed E-state index contributed by atoms with van der Waals surface area (Å²) in [7, 11) is -0.814. The van der Waals surface area contributed by atoms with Crippen LogP contribution in [0, 0.1) is 6.92 Å². The van der Waals surface area contributed by atoms with Gasteiger partial charge in [0.2, 0.25) is 0 Å². The number of nitrogens with zero attached hydrogens (tertiary/aromatic N) is 4. The summed E-state index contributed by atoms with van der Waals surface area (Å²) in [5.41, 5.74) is 2.87. The van der Waals surface area contributed by atoms with Crippen molar-refractivity contribution in [1.29, 1.82) is 0 Å². The Balaban J connectivity index is 2.47. The molecule has 0 aromatic carbocycles. The molecule has 3 atom stereocenters. The Morgan fingerprint density at radius 3 is 2.57 bits per heavy atom. The van der Waals surface area contributed by atoms with E-state index >= 15 is 0 Å². The van der Waals surface area contributed by atoms with Crippen molar-refractivity contribution in [2.45, 2.75) is 57.8 Å². The predicted octanol–water partition coefficient (Wildman–Crippen LogP) is 3.02. The normalized spacial score (nSPS) is 16.3. The zero-order valence-corrected chi connectivity index (χ0v) is 14.8. The third-order valence-corrected chi connectivity index (χ3v) is 5.37. The molecule has 0 fully saturated rings. The minimum atomic E-state index is -0.814.